The van der Waals surface area contributed by atoms with Crippen LogP contribution in [0.4, 0.5) is 0 Å². The highest BCUT2D eigenvalue weighted by atomic mass is 35.5. The number of hydrogen-bond acceptors (Lipinski definition) is 3. The van der Waals surface area contributed by atoms with Crippen LogP contribution in [0, 0.1) is 0 Å². The Kier molecular flexibility index (Phi) is 6.05. The molecule has 0 amide bonds. The quantitative estimate of drug-likeness (QED) is 0.701. The first-order valence-electron chi connectivity index (χ1n) is 6.05. The van der Waals surface area contributed by atoms with Crippen LogP contribution in [-0.4, -0.2) is 12.3 Å². The van der Waals surface area contributed by atoms with Crippen molar-refractivity contribution in [3.8, 4) is 0 Å². The summed E-state index contributed by atoms with van der Waals surface area (Å²) in [7, 11) is 0. The Labute approximate surface area is 132 Å². The fraction of sp³-hybridized carbons (Fsp3) is 0.286. The van der Waals surface area contributed by atoms with Crippen LogP contribution in [0.1, 0.15) is 17.8 Å². The van der Waals surface area contributed by atoms with Gasteiger partial charge in [0, 0.05) is 20.5 Å². The molecule has 19 heavy (non-hydrogen) atoms. The van der Waals surface area contributed by atoms with Gasteiger partial charge in [-0.15, -0.1) is 23.1 Å². The Hall–Kier alpha value is -0.190. The van der Waals surface area contributed by atoms with Gasteiger partial charge in [0.2, 0.25) is 0 Å². The average molecular weight is 332 g/mol. The van der Waals surface area contributed by atoms with Crippen LogP contribution in [0.25, 0.3) is 0 Å². The molecule has 0 fully saturated rings. The van der Waals surface area contributed by atoms with E-state index in [9.17, 15) is 0 Å². The summed E-state index contributed by atoms with van der Waals surface area (Å²) in [5, 5.41) is 7.14. The molecule has 0 spiro atoms. The molecule has 5 heteroatoms. The molecule has 0 aliphatic heterocycles. The molecule has 0 aliphatic rings. The summed E-state index contributed by atoms with van der Waals surface area (Å²) >= 11 is 15.7. The third-order valence-electron chi connectivity index (χ3n) is 2.62. The van der Waals surface area contributed by atoms with Crippen LogP contribution < -0.4 is 5.32 Å². The van der Waals surface area contributed by atoms with Gasteiger partial charge in [-0.05, 0) is 36.2 Å². The van der Waals surface area contributed by atoms with Gasteiger partial charge in [0.25, 0.3) is 0 Å². The van der Waals surface area contributed by atoms with E-state index < -0.39 is 0 Å². The van der Waals surface area contributed by atoms with Crippen LogP contribution in [0.15, 0.2) is 40.6 Å². The van der Waals surface area contributed by atoms with Crippen molar-refractivity contribution in [1.82, 2.24) is 5.32 Å². The van der Waals surface area contributed by atoms with Crippen molar-refractivity contribution in [1.29, 1.82) is 0 Å². The van der Waals surface area contributed by atoms with Crippen molar-refractivity contribution >= 4 is 46.3 Å². The molecular formula is C14H15Cl2NS2. The molecule has 0 saturated carbocycles. The molecule has 1 heterocycles. The van der Waals surface area contributed by atoms with Gasteiger partial charge in [-0.2, -0.15) is 0 Å². The van der Waals surface area contributed by atoms with Crippen LogP contribution in [-0.2, 0) is 0 Å². The lowest BCUT2D eigenvalue weighted by molar-refractivity contribution is 0.615. The normalized spacial score (nSPS) is 12.6. The SMILES string of the molecule is CCNC(CSc1cccc(Cl)c1)c1sccc1Cl. The maximum absolute atomic E-state index is 6.22. The van der Waals surface area contributed by atoms with Crippen LogP contribution in [0.3, 0.4) is 0 Å². The Bertz CT molecular complexity index is 528. The summed E-state index contributed by atoms with van der Waals surface area (Å²) in [4.78, 5) is 2.39. The molecule has 1 atom stereocenters. The summed E-state index contributed by atoms with van der Waals surface area (Å²) < 4.78 is 0. The third-order valence-corrected chi connectivity index (χ3v) is 5.42. The molecule has 1 unspecified atom stereocenters. The lowest BCUT2D eigenvalue weighted by Crippen LogP contribution is -2.22. The van der Waals surface area contributed by atoms with E-state index in [0.29, 0.717) is 0 Å². The van der Waals surface area contributed by atoms with Gasteiger partial charge in [0.05, 0.1) is 11.1 Å². The van der Waals surface area contributed by atoms with Gasteiger partial charge in [0.1, 0.15) is 0 Å². The van der Waals surface area contributed by atoms with E-state index in [1.165, 1.54) is 9.77 Å². The van der Waals surface area contributed by atoms with E-state index >= 15 is 0 Å². The zero-order valence-electron chi connectivity index (χ0n) is 10.5. The molecule has 2 aromatic rings. The predicted octanol–water partition coefficient (Wildman–Crippen LogP) is 5.50. The number of benzene rings is 1. The standard InChI is InChI=1S/C14H15Cl2NS2/c1-2-17-13(14-12(16)6-7-18-14)9-19-11-5-3-4-10(15)8-11/h3-8,13,17H,2,9H2,1H3. The largest absolute Gasteiger partial charge is 0.309 e. The van der Waals surface area contributed by atoms with Gasteiger partial charge in [-0.3, -0.25) is 0 Å². The predicted molar refractivity (Wildman–Crippen MR) is 87.9 cm³/mol. The second-order valence-corrected chi connectivity index (χ2v) is 6.90. The summed E-state index contributed by atoms with van der Waals surface area (Å²) in [6, 6.07) is 10.2. The fourth-order valence-corrected chi connectivity index (χ4v) is 4.42. The molecule has 0 saturated heterocycles. The first kappa shape index (κ1) is 15.2. The van der Waals surface area contributed by atoms with Crippen molar-refractivity contribution < 1.29 is 0 Å². The summed E-state index contributed by atoms with van der Waals surface area (Å²) in [5.41, 5.74) is 0. The van der Waals surface area contributed by atoms with Crippen LogP contribution in [0.2, 0.25) is 10.0 Å². The minimum atomic E-state index is 0.279. The zero-order valence-corrected chi connectivity index (χ0v) is 13.7. The van der Waals surface area contributed by atoms with E-state index in [4.69, 9.17) is 23.2 Å². The number of hydrogen-bond donors (Lipinski definition) is 1. The Morgan fingerprint density at radius 3 is 2.79 bits per heavy atom. The Balaban J connectivity index is 2.04. The number of thioether (sulfide) groups is 1. The Morgan fingerprint density at radius 2 is 2.16 bits per heavy atom. The van der Waals surface area contributed by atoms with E-state index in [-0.39, 0.29) is 6.04 Å². The summed E-state index contributed by atoms with van der Waals surface area (Å²) in [6.45, 7) is 3.04. The molecule has 2 rings (SSSR count). The maximum Gasteiger partial charge on any atom is 0.0561 e. The summed E-state index contributed by atoms with van der Waals surface area (Å²) in [5.74, 6) is 0.939. The van der Waals surface area contributed by atoms with Crippen molar-refractivity contribution in [3.63, 3.8) is 0 Å². The molecule has 1 nitrogen and oxygen atoms in total. The molecule has 0 aliphatic carbocycles. The molecule has 1 N–H and O–H groups in total. The topological polar surface area (TPSA) is 12.0 Å². The van der Waals surface area contributed by atoms with E-state index in [2.05, 4.69) is 18.3 Å². The smallest absolute Gasteiger partial charge is 0.0561 e. The minimum absolute atomic E-state index is 0.279. The van der Waals surface area contributed by atoms with Gasteiger partial charge < -0.3 is 5.32 Å². The monoisotopic (exact) mass is 331 g/mol. The zero-order chi connectivity index (χ0) is 13.7. The Morgan fingerprint density at radius 1 is 1.32 bits per heavy atom. The second-order valence-electron chi connectivity index (χ2n) is 4.01. The average Bonchev–Trinajstić information content (AvgIpc) is 2.81. The van der Waals surface area contributed by atoms with Gasteiger partial charge in [0.15, 0.2) is 0 Å². The van der Waals surface area contributed by atoms with Crippen molar-refractivity contribution in [2.75, 3.05) is 12.3 Å². The van der Waals surface area contributed by atoms with E-state index in [1.807, 2.05) is 29.6 Å². The van der Waals surface area contributed by atoms with Gasteiger partial charge in [-0.25, -0.2) is 0 Å². The molecule has 0 radical (unpaired) electrons. The molecule has 102 valence electrons. The number of thiophene rings is 1. The lowest BCUT2D eigenvalue weighted by atomic mass is 10.3. The number of halogens is 2. The van der Waals surface area contributed by atoms with Crippen molar-refractivity contribution in [2.24, 2.45) is 0 Å². The van der Waals surface area contributed by atoms with E-state index in [0.717, 1.165) is 22.3 Å². The van der Waals surface area contributed by atoms with Crippen molar-refractivity contribution in [2.45, 2.75) is 17.9 Å². The first-order valence-corrected chi connectivity index (χ1v) is 8.67. The highest BCUT2D eigenvalue weighted by Gasteiger charge is 2.15. The third kappa shape index (κ3) is 4.40. The second kappa shape index (κ2) is 7.55. The highest BCUT2D eigenvalue weighted by molar-refractivity contribution is 7.99. The molecular weight excluding hydrogens is 317 g/mol. The highest BCUT2D eigenvalue weighted by Crippen LogP contribution is 2.33. The molecule has 1 aromatic heterocycles. The summed E-state index contributed by atoms with van der Waals surface area (Å²) in [6.07, 6.45) is 0. The number of rotatable bonds is 6. The van der Waals surface area contributed by atoms with Crippen molar-refractivity contribution in [3.05, 3.63) is 50.6 Å². The molecule has 1 aromatic carbocycles. The fourth-order valence-electron chi connectivity index (χ4n) is 1.76. The van der Waals surface area contributed by atoms with Gasteiger partial charge in [-0.1, -0.05) is 36.2 Å². The van der Waals surface area contributed by atoms with E-state index in [1.54, 1.807) is 23.1 Å². The first-order chi connectivity index (χ1) is 9.20. The number of nitrogens with one attached hydrogen (secondary N) is 1. The maximum atomic E-state index is 6.22. The lowest BCUT2D eigenvalue weighted by Gasteiger charge is -2.16. The molecule has 0 bridgehead atoms. The minimum Gasteiger partial charge on any atom is -0.309 e. The van der Waals surface area contributed by atoms with Gasteiger partial charge >= 0.3 is 0 Å². The van der Waals surface area contributed by atoms with Crippen LogP contribution >= 0.6 is 46.3 Å². The van der Waals surface area contributed by atoms with Crippen LogP contribution in [0.5, 0.6) is 0 Å².